The molecule has 0 spiro atoms. The van der Waals surface area contributed by atoms with E-state index in [2.05, 4.69) is 11.9 Å². The third kappa shape index (κ3) is 1.37. The first-order valence-corrected chi connectivity index (χ1v) is 4.44. The van der Waals surface area contributed by atoms with E-state index < -0.39 is 0 Å². The molecule has 0 saturated heterocycles. The number of rotatable bonds is 1. The highest BCUT2D eigenvalue weighted by atomic mass is 16.3. The van der Waals surface area contributed by atoms with E-state index >= 15 is 0 Å². The monoisotopic (exact) mass is 189 g/mol. The van der Waals surface area contributed by atoms with Gasteiger partial charge in [-0.2, -0.15) is 0 Å². The van der Waals surface area contributed by atoms with Crippen molar-refractivity contribution in [2.75, 3.05) is 0 Å². The maximum Gasteiger partial charge on any atom is 0.247 e. The van der Waals surface area contributed by atoms with Gasteiger partial charge in [-0.3, -0.25) is 4.79 Å². The number of nitrogens with one attached hydrogen (secondary N) is 1. The molecule has 0 aromatic rings. The topological polar surface area (TPSA) is 49.3 Å². The van der Waals surface area contributed by atoms with Crippen LogP contribution in [0.2, 0.25) is 0 Å². The zero-order chi connectivity index (χ0) is 10.1. The second-order valence-electron chi connectivity index (χ2n) is 3.36. The summed E-state index contributed by atoms with van der Waals surface area (Å²) in [7, 11) is 0. The van der Waals surface area contributed by atoms with Crippen LogP contribution >= 0.6 is 0 Å². The van der Waals surface area contributed by atoms with Crippen LogP contribution in [0, 0.1) is 5.92 Å². The number of aliphatic hydroxyl groups is 1. The van der Waals surface area contributed by atoms with Gasteiger partial charge in [0.25, 0.3) is 0 Å². The lowest BCUT2D eigenvalue weighted by molar-refractivity contribution is -0.117. The van der Waals surface area contributed by atoms with E-state index in [1.54, 1.807) is 6.08 Å². The average Bonchev–Trinajstić information content (AvgIpc) is 2.17. The van der Waals surface area contributed by atoms with Gasteiger partial charge in [-0.25, -0.2) is 0 Å². The minimum atomic E-state index is -0.246. The van der Waals surface area contributed by atoms with E-state index in [1.807, 2.05) is 18.2 Å². The summed E-state index contributed by atoms with van der Waals surface area (Å²) in [5.74, 6) is -0.281. The average molecular weight is 189 g/mol. The molecule has 14 heavy (non-hydrogen) atoms. The first kappa shape index (κ1) is 8.81. The van der Waals surface area contributed by atoms with E-state index in [0.29, 0.717) is 0 Å². The van der Waals surface area contributed by atoms with Crippen LogP contribution in [0.25, 0.3) is 0 Å². The number of allylic oxidation sites excluding steroid dienone is 3. The Morgan fingerprint density at radius 1 is 1.57 bits per heavy atom. The highest BCUT2D eigenvalue weighted by Crippen LogP contribution is 2.25. The Morgan fingerprint density at radius 3 is 3.07 bits per heavy atom. The SMILES string of the molecule is C=CC1=CC2C(O)=CC(=O)NC2C=C1. The summed E-state index contributed by atoms with van der Waals surface area (Å²) in [6.07, 6.45) is 8.58. The normalized spacial score (nSPS) is 29.9. The van der Waals surface area contributed by atoms with Gasteiger partial charge in [-0.15, -0.1) is 0 Å². The molecule has 1 amide bonds. The molecule has 2 aliphatic rings. The summed E-state index contributed by atoms with van der Waals surface area (Å²) in [5, 5.41) is 12.3. The zero-order valence-electron chi connectivity index (χ0n) is 7.60. The van der Waals surface area contributed by atoms with E-state index in [-0.39, 0.29) is 23.6 Å². The highest BCUT2D eigenvalue weighted by Gasteiger charge is 2.29. The largest absolute Gasteiger partial charge is 0.511 e. The molecule has 2 rings (SSSR count). The van der Waals surface area contributed by atoms with Gasteiger partial charge in [0, 0.05) is 6.08 Å². The predicted molar refractivity (Wildman–Crippen MR) is 53.6 cm³/mol. The molecule has 1 heterocycles. The van der Waals surface area contributed by atoms with Crippen molar-refractivity contribution in [3.63, 3.8) is 0 Å². The lowest BCUT2D eigenvalue weighted by Crippen LogP contribution is -2.43. The molecule has 0 aromatic heterocycles. The van der Waals surface area contributed by atoms with Gasteiger partial charge in [-0.1, -0.05) is 30.9 Å². The molecule has 2 N–H and O–H groups in total. The Bertz CT molecular complexity index is 377. The molecule has 1 aliphatic carbocycles. The maximum atomic E-state index is 11.1. The van der Waals surface area contributed by atoms with Crippen molar-refractivity contribution in [3.8, 4) is 0 Å². The van der Waals surface area contributed by atoms with Crippen molar-refractivity contribution >= 4 is 5.91 Å². The van der Waals surface area contributed by atoms with Crippen LogP contribution < -0.4 is 5.32 Å². The zero-order valence-corrected chi connectivity index (χ0v) is 7.60. The molecular weight excluding hydrogens is 178 g/mol. The minimum Gasteiger partial charge on any atom is -0.511 e. The standard InChI is InChI=1S/C11H11NO2/c1-2-7-3-4-9-8(5-7)10(13)6-11(14)12-9/h2-6,8-9,13H,1H2,(H,12,14). The molecule has 0 bridgehead atoms. The Labute approximate surface area is 82.1 Å². The van der Waals surface area contributed by atoms with E-state index in [1.165, 1.54) is 6.08 Å². The third-order valence-corrected chi connectivity index (χ3v) is 2.42. The molecule has 2 atom stereocenters. The molecule has 0 radical (unpaired) electrons. The number of amides is 1. The molecule has 72 valence electrons. The van der Waals surface area contributed by atoms with Crippen molar-refractivity contribution in [2.45, 2.75) is 6.04 Å². The summed E-state index contributed by atoms with van der Waals surface area (Å²) in [4.78, 5) is 11.1. The van der Waals surface area contributed by atoms with Crippen LogP contribution in [0.5, 0.6) is 0 Å². The summed E-state index contributed by atoms with van der Waals surface area (Å²) >= 11 is 0. The molecule has 0 fully saturated rings. The number of aliphatic hydroxyl groups excluding tert-OH is 1. The van der Waals surface area contributed by atoms with Crippen LogP contribution in [-0.2, 0) is 4.79 Å². The number of carbonyl (C=O) groups excluding carboxylic acids is 1. The summed E-state index contributed by atoms with van der Waals surface area (Å²) < 4.78 is 0. The lowest BCUT2D eigenvalue weighted by Gasteiger charge is -2.28. The van der Waals surface area contributed by atoms with Crippen LogP contribution in [0.1, 0.15) is 0 Å². The lowest BCUT2D eigenvalue weighted by atomic mass is 9.87. The molecular formula is C11H11NO2. The van der Waals surface area contributed by atoms with Gasteiger partial charge in [0.2, 0.25) is 5.91 Å². The smallest absolute Gasteiger partial charge is 0.247 e. The summed E-state index contributed by atoms with van der Waals surface area (Å²) in [6.45, 7) is 3.65. The number of hydrogen-bond donors (Lipinski definition) is 2. The van der Waals surface area contributed by atoms with Gasteiger partial charge in [0.15, 0.2) is 0 Å². The van der Waals surface area contributed by atoms with E-state index in [9.17, 15) is 9.90 Å². The van der Waals surface area contributed by atoms with Gasteiger partial charge in [0.05, 0.1) is 12.0 Å². The molecule has 3 nitrogen and oxygen atoms in total. The first-order valence-electron chi connectivity index (χ1n) is 4.44. The van der Waals surface area contributed by atoms with Crippen LogP contribution in [0.15, 0.2) is 48.3 Å². The quantitative estimate of drug-likeness (QED) is 0.651. The van der Waals surface area contributed by atoms with Gasteiger partial charge in [0.1, 0.15) is 5.76 Å². The Morgan fingerprint density at radius 2 is 2.36 bits per heavy atom. The predicted octanol–water partition coefficient (Wildman–Crippen LogP) is 1.23. The molecule has 1 aliphatic heterocycles. The Kier molecular flexibility index (Phi) is 2.00. The van der Waals surface area contributed by atoms with Gasteiger partial charge in [-0.05, 0) is 5.57 Å². The molecule has 2 unspecified atom stereocenters. The minimum absolute atomic E-state index is 0.113. The third-order valence-electron chi connectivity index (χ3n) is 2.42. The Balaban J connectivity index is 2.35. The summed E-state index contributed by atoms with van der Waals surface area (Å²) in [6, 6.07) is -0.129. The fourth-order valence-electron chi connectivity index (χ4n) is 1.68. The second kappa shape index (κ2) is 3.18. The van der Waals surface area contributed by atoms with Crippen molar-refractivity contribution in [1.82, 2.24) is 5.32 Å². The van der Waals surface area contributed by atoms with Crippen LogP contribution in [-0.4, -0.2) is 17.1 Å². The first-order chi connectivity index (χ1) is 6.70. The fourth-order valence-corrected chi connectivity index (χ4v) is 1.68. The fraction of sp³-hybridized carbons (Fsp3) is 0.182. The van der Waals surface area contributed by atoms with E-state index in [0.717, 1.165) is 5.57 Å². The van der Waals surface area contributed by atoms with Crippen molar-refractivity contribution in [1.29, 1.82) is 0 Å². The van der Waals surface area contributed by atoms with Crippen LogP contribution in [0.3, 0.4) is 0 Å². The maximum absolute atomic E-state index is 11.1. The van der Waals surface area contributed by atoms with Gasteiger partial charge < -0.3 is 10.4 Å². The van der Waals surface area contributed by atoms with Crippen LogP contribution in [0.4, 0.5) is 0 Å². The van der Waals surface area contributed by atoms with Gasteiger partial charge >= 0.3 is 0 Å². The molecule has 3 heteroatoms. The number of fused-ring (bicyclic) bond motifs is 1. The van der Waals surface area contributed by atoms with Crippen molar-refractivity contribution in [2.24, 2.45) is 5.92 Å². The highest BCUT2D eigenvalue weighted by molar-refractivity contribution is 5.89. The number of carbonyl (C=O) groups is 1. The second-order valence-corrected chi connectivity index (χ2v) is 3.36. The van der Waals surface area contributed by atoms with Crippen molar-refractivity contribution < 1.29 is 9.90 Å². The Hall–Kier alpha value is -1.77. The number of hydrogen-bond acceptors (Lipinski definition) is 2. The summed E-state index contributed by atoms with van der Waals surface area (Å²) in [5.41, 5.74) is 0.961. The van der Waals surface area contributed by atoms with E-state index in [4.69, 9.17) is 0 Å². The molecule has 0 aromatic carbocycles. The molecule has 0 saturated carbocycles. The van der Waals surface area contributed by atoms with Crippen molar-refractivity contribution in [3.05, 3.63) is 48.3 Å².